The molecule has 0 aliphatic carbocycles. The minimum atomic E-state index is -0.927. The highest BCUT2D eigenvalue weighted by Crippen LogP contribution is 2.03. The molecule has 1 rings (SSSR count). The lowest BCUT2D eigenvalue weighted by Gasteiger charge is -2.22. The second-order valence-corrected chi connectivity index (χ2v) is 5.08. The van der Waals surface area contributed by atoms with E-state index in [2.05, 4.69) is 10.6 Å². The van der Waals surface area contributed by atoms with Gasteiger partial charge in [-0.3, -0.25) is 4.79 Å². The summed E-state index contributed by atoms with van der Waals surface area (Å²) in [6.07, 6.45) is -0.505. The molecule has 0 fully saturated rings. The predicted molar refractivity (Wildman–Crippen MR) is 78.9 cm³/mol. The van der Waals surface area contributed by atoms with Crippen LogP contribution in [-0.4, -0.2) is 36.3 Å². The van der Waals surface area contributed by atoms with Crippen molar-refractivity contribution in [2.75, 3.05) is 13.1 Å². The van der Waals surface area contributed by atoms with Crippen molar-refractivity contribution in [3.63, 3.8) is 0 Å². The topological polar surface area (TPSA) is 87.7 Å². The van der Waals surface area contributed by atoms with Gasteiger partial charge in [0.05, 0.1) is 6.54 Å². The molecule has 1 atom stereocenters. The van der Waals surface area contributed by atoms with Crippen molar-refractivity contribution >= 4 is 12.1 Å². The Labute approximate surface area is 124 Å². The van der Waals surface area contributed by atoms with Crippen LogP contribution in [0.3, 0.4) is 0 Å². The fourth-order valence-electron chi connectivity index (χ4n) is 1.70. The summed E-state index contributed by atoms with van der Waals surface area (Å²) in [5.74, 6) is -0.764. The molecule has 0 aliphatic heterocycles. The van der Waals surface area contributed by atoms with Crippen LogP contribution in [-0.2, 0) is 16.1 Å². The molecule has 0 saturated carbocycles. The first-order valence-electron chi connectivity index (χ1n) is 6.88. The van der Waals surface area contributed by atoms with E-state index in [1.807, 2.05) is 44.2 Å². The number of carbonyl (C=O) groups excluding carboxylic acids is 1. The summed E-state index contributed by atoms with van der Waals surface area (Å²) in [6, 6.07) is 9.22. The number of rotatable bonds is 8. The summed E-state index contributed by atoms with van der Waals surface area (Å²) in [6.45, 7) is 4.35. The van der Waals surface area contributed by atoms with Crippen LogP contribution in [0.4, 0.5) is 4.79 Å². The van der Waals surface area contributed by atoms with Crippen LogP contribution < -0.4 is 10.6 Å². The van der Waals surface area contributed by atoms with Crippen molar-refractivity contribution in [1.82, 2.24) is 10.6 Å². The van der Waals surface area contributed by atoms with Crippen molar-refractivity contribution in [2.45, 2.75) is 26.5 Å². The Bertz CT molecular complexity index is 448. The second kappa shape index (κ2) is 8.97. The average molecular weight is 294 g/mol. The number of carbonyl (C=O) groups is 2. The number of alkyl carbamates (subject to hydrolysis) is 1. The van der Waals surface area contributed by atoms with E-state index in [1.165, 1.54) is 0 Å². The van der Waals surface area contributed by atoms with Gasteiger partial charge in [0.2, 0.25) is 0 Å². The van der Waals surface area contributed by atoms with E-state index < -0.39 is 12.1 Å². The SMILES string of the molecule is CC(C)[C@@H](CNCC(=O)O)NC(=O)OCc1ccccc1. The first-order valence-corrected chi connectivity index (χ1v) is 6.88. The molecule has 0 unspecified atom stereocenters. The highest BCUT2D eigenvalue weighted by atomic mass is 16.5. The third-order valence-electron chi connectivity index (χ3n) is 2.96. The Morgan fingerprint density at radius 3 is 2.48 bits per heavy atom. The maximum atomic E-state index is 11.8. The number of nitrogens with one attached hydrogen (secondary N) is 2. The molecule has 0 saturated heterocycles. The third kappa shape index (κ3) is 7.31. The molecule has 1 aromatic carbocycles. The van der Waals surface area contributed by atoms with Crippen molar-refractivity contribution < 1.29 is 19.4 Å². The lowest BCUT2D eigenvalue weighted by atomic mass is 10.0. The van der Waals surface area contributed by atoms with Gasteiger partial charge in [-0.2, -0.15) is 0 Å². The van der Waals surface area contributed by atoms with Gasteiger partial charge in [0.15, 0.2) is 0 Å². The van der Waals surface area contributed by atoms with Crippen LogP contribution >= 0.6 is 0 Å². The Morgan fingerprint density at radius 1 is 1.24 bits per heavy atom. The molecule has 0 aliphatic rings. The molecule has 0 bridgehead atoms. The van der Waals surface area contributed by atoms with Gasteiger partial charge in [-0.25, -0.2) is 4.79 Å². The van der Waals surface area contributed by atoms with E-state index in [1.54, 1.807) is 0 Å². The largest absolute Gasteiger partial charge is 0.480 e. The van der Waals surface area contributed by atoms with E-state index in [0.717, 1.165) is 5.56 Å². The summed E-state index contributed by atoms with van der Waals surface area (Å²) < 4.78 is 5.14. The predicted octanol–water partition coefficient (Wildman–Crippen LogP) is 1.61. The molecule has 0 aromatic heterocycles. The summed E-state index contributed by atoms with van der Waals surface area (Å²) >= 11 is 0. The van der Waals surface area contributed by atoms with Crippen molar-refractivity contribution in [3.8, 4) is 0 Å². The molecular formula is C15H22N2O4. The third-order valence-corrected chi connectivity index (χ3v) is 2.96. The quantitative estimate of drug-likeness (QED) is 0.678. The summed E-state index contributed by atoms with van der Waals surface area (Å²) in [5.41, 5.74) is 0.915. The molecular weight excluding hydrogens is 272 g/mol. The number of aliphatic carboxylic acids is 1. The summed E-state index contributed by atoms with van der Waals surface area (Å²) in [4.78, 5) is 22.2. The van der Waals surface area contributed by atoms with Crippen LogP contribution in [0.2, 0.25) is 0 Å². The van der Waals surface area contributed by atoms with Gasteiger partial charge in [-0.15, -0.1) is 0 Å². The molecule has 6 nitrogen and oxygen atoms in total. The average Bonchev–Trinajstić information content (AvgIpc) is 2.44. The van der Waals surface area contributed by atoms with Crippen LogP contribution in [0.15, 0.2) is 30.3 Å². The Hall–Kier alpha value is -2.08. The molecule has 1 aromatic rings. The smallest absolute Gasteiger partial charge is 0.407 e. The van der Waals surface area contributed by atoms with Crippen molar-refractivity contribution in [1.29, 1.82) is 0 Å². The van der Waals surface area contributed by atoms with Gasteiger partial charge in [0.25, 0.3) is 0 Å². The Balaban J connectivity index is 2.36. The zero-order chi connectivity index (χ0) is 15.7. The molecule has 3 N–H and O–H groups in total. The summed E-state index contributed by atoms with van der Waals surface area (Å²) in [7, 11) is 0. The fourth-order valence-corrected chi connectivity index (χ4v) is 1.70. The number of amides is 1. The molecule has 0 heterocycles. The molecule has 0 spiro atoms. The highest BCUT2D eigenvalue weighted by Gasteiger charge is 2.17. The van der Waals surface area contributed by atoms with Crippen LogP contribution in [0.1, 0.15) is 19.4 Å². The fraction of sp³-hybridized carbons (Fsp3) is 0.467. The number of carboxylic acid groups (broad SMARTS) is 1. The van der Waals surface area contributed by atoms with Crippen LogP contribution in [0.5, 0.6) is 0 Å². The lowest BCUT2D eigenvalue weighted by molar-refractivity contribution is -0.135. The Kier molecular flexibility index (Phi) is 7.25. The van der Waals surface area contributed by atoms with Gasteiger partial charge in [-0.05, 0) is 11.5 Å². The van der Waals surface area contributed by atoms with Gasteiger partial charge >= 0.3 is 12.1 Å². The van der Waals surface area contributed by atoms with E-state index in [9.17, 15) is 9.59 Å². The first-order chi connectivity index (χ1) is 9.99. The zero-order valence-corrected chi connectivity index (χ0v) is 12.3. The maximum Gasteiger partial charge on any atom is 0.407 e. The highest BCUT2D eigenvalue weighted by molar-refractivity contribution is 5.69. The number of carboxylic acids is 1. The number of ether oxygens (including phenoxy) is 1. The first kappa shape index (κ1) is 17.0. The molecule has 0 radical (unpaired) electrons. The minimum Gasteiger partial charge on any atom is -0.480 e. The van der Waals surface area contributed by atoms with Crippen molar-refractivity contribution in [2.24, 2.45) is 5.92 Å². The maximum absolute atomic E-state index is 11.8. The monoisotopic (exact) mass is 294 g/mol. The zero-order valence-electron chi connectivity index (χ0n) is 12.3. The van der Waals surface area contributed by atoms with Crippen molar-refractivity contribution in [3.05, 3.63) is 35.9 Å². The Morgan fingerprint density at radius 2 is 1.90 bits per heavy atom. The second-order valence-electron chi connectivity index (χ2n) is 5.08. The summed E-state index contributed by atoms with van der Waals surface area (Å²) in [5, 5.41) is 14.1. The molecule has 21 heavy (non-hydrogen) atoms. The van der Waals surface area contributed by atoms with Gasteiger partial charge in [0.1, 0.15) is 6.61 Å². The van der Waals surface area contributed by atoms with E-state index in [4.69, 9.17) is 9.84 Å². The van der Waals surface area contributed by atoms with E-state index in [0.29, 0.717) is 6.54 Å². The van der Waals surface area contributed by atoms with E-state index in [-0.39, 0.29) is 25.1 Å². The normalized spacial score (nSPS) is 12.0. The number of hydrogen-bond donors (Lipinski definition) is 3. The number of hydrogen-bond acceptors (Lipinski definition) is 4. The van der Waals surface area contributed by atoms with Gasteiger partial charge < -0.3 is 20.5 Å². The molecule has 1 amide bonds. The van der Waals surface area contributed by atoms with Gasteiger partial charge in [0, 0.05) is 12.6 Å². The van der Waals surface area contributed by atoms with Crippen LogP contribution in [0.25, 0.3) is 0 Å². The van der Waals surface area contributed by atoms with Crippen LogP contribution in [0, 0.1) is 5.92 Å². The minimum absolute atomic E-state index is 0.135. The molecule has 116 valence electrons. The number of benzene rings is 1. The van der Waals surface area contributed by atoms with Gasteiger partial charge in [-0.1, -0.05) is 44.2 Å². The molecule has 6 heteroatoms. The lowest BCUT2D eigenvalue weighted by Crippen LogP contribution is -2.46. The standard InChI is InChI=1S/C15H22N2O4/c1-11(2)13(8-16-9-14(18)19)17-15(20)21-10-12-6-4-3-5-7-12/h3-7,11,13,16H,8-10H2,1-2H3,(H,17,20)(H,18,19)/t13-/m1/s1. The van der Waals surface area contributed by atoms with E-state index >= 15 is 0 Å².